The summed E-state index contributed by atoms with van der Waals surface area (Å²) >= 11 is 0. The van der Waals surface area contributed by atoms with Gasteiger partial charge in [-0.1, -0.05) is 18.2 Å². The molecule has 0 aromatic heterocycles. The minimum atomic E-state index is -3.56. The summed E-state index contributed by atoms with van der Waals surface area (Å²) in [4.78, 5) is 11.0. The molecule has 1 aromatic rings. The molecule has 1 saturated heterocycles. The van der Waals surface area contributed by atoms with E-state index in [2.05, 4.69) is 5.32 Å². The predicted octanol–water partition coefficient (Wildman–Crippen LogP) is -0.194. The van der Waals surface area contributed by atoms with Crippen molar-refractivity contribution < 1.29 is 13.2 Å². The Morgan fingerprint density at radius 2 is 2.00 bits per heavy atom. The van der Waals surface area contributed by atoms with Crippen LogP contribution in [0.3, 0.4) is 0 Å². The molecule has 6 heteroatoms. The highest BCUT2D eigenvalue weighted by atomic mass is 32.2. The van der Waals surface area contributed by atoms with E-state index in [1.807, 2.05) is 0 Å². The number of benzene rings is 1. The highest BCUT2D eigenvalue weighted by molar-refractivity contribution is 7.89. The maximum atomic E-state index is 12.1. The van der Waals surface area contributed by atoms with Crippen molar-refractivity contribution in [2.45, 2.75) is 10.9 Å². The van der Waals surface area contributed by atoms with Crippen molar-refractivity contribution in [3.63, 3.8) is 0 Å². The van der Waals surface area contributed by atoms with Crippen LogP contribution in [0.2, 0.25) is 0 Å². The van der Waals surface area contributed by atoms with Gasteiger partial charge in [0.1, 0.15) is 6.29 Å². The topological polar surface area (TPSA) is 66.5 Å². The molecule has 1 atom stereocenters. The summed E-state index contributed by atoms with van der Waals surface area (Å²) < 4.78 is 25.4. The normalized spacial score (nSPS) is 22.1. The average molecular weight is 240 g/mol. The van der Waals surface area contributed by atoms with Gasteiger partial charge in [0.15, 0.2) is 0 Å². The summed E-state index contributed by atoms with van der Waals surface area (Å²) in [6.07, 6.45) is 0.653. The summed E-state index contributed by atoms with van der Waals surface area (Å²) in [6.45, 7) is 0.552. The molecule has 16 heavy (non-hydrogen) atoms. The minimum absolute atomic E-state index is 0.181. The summed E-state index contributed by atoms with van der Waals surface area (Å²) in [7, 11) is -3.56. The van der Waals surface area contributed by atoms with Crippen molar-refractivity contribution in [2.75, 3.05) is 13.2 Å². The van der Waals surface area contributed by atoms with Crippen molar-refractivity contribution in [1.29, 1.82) is 0 Å². The molecule has 5 nitrogen and oxygen atoms in total. The second-order valence-corrected chi connectivity index (χ2v) is 5.41. The van der Waals surface area contributed by atoms with E-state index in [1.54, 1.807) is 18.2 Å². The van der Waals surface area contributed by atoms with Crippen LogP contribution in [-0.2, 0) is 14.8 Å². The summed E-state index contributed by atoms with van der Waals surface area (Å²) in [5.41, 5.74) is 0. The fraction of sp³-hybridized carbons (Fsp3) is 0.300. The smallest absolute Gasteiger partial charge is 0.244 e. The monoisotopic (exact) mass is 240 g/mol. The number of carbonyl (C=O) groups excluding carboxylic acids is 1. The molecular weight excluding hydrogens is 228 g/mol. The Morgan fingerprint density at radius 1 is 1.31 bits per heavy atom. The molecule has 2 rings (SSSR count). The SMILES string of the molecule is O=CC1CNCN1S(=O)(=O)c1ccccc1. The number of sulfonamides is 1. The van der Waals surface area contributed by atoms with Gasteiger partial charge < -0.3 is 10.1 Å². The van der Waals surface area contributed by atoms with Gasteiger partial charge in [0.25, 0.3) is 0 Å². The third-order valence-corrected chi connectivity index (χ3v) is 4.38. The number of rotatable bonds is 3. The zero-order valence-corrected chi connectivity index (χ0v) is 9.35. The van der Waals surface area contributed by atoms with Crippen LogP contribution in [0.25, 0.3) is 0 Å². The van der Waals surface area contributed by atoms with Crippen LogP contribution in [0, 0.1) is 0 Å². The minimum Gasteiger partial charge on any atom is -0.302 e. The zero-order chi connectivity index (χ0) is 11.6. The second-order valence-electron chi connectivity index (χ2n) is 3.52. The van der Waals surface area contributed by atoms with Gasteiger partial charge in [0, 0.05) is 6.54 Å². The predicted molar refractivity (Wildman–Crippen MR) is 58.2 cm³/mol. The first kappa shape index (κ1) is 11.3. The Hall–Kier alpha value is -1.24. The zero-order valence-electron chi connectivity index (χ0n) is 8.54. The summed E-state index contributed by atoms with van der Waals surface area (Å²) in [5.74, 6) is 0. The van der Waals surface area contributed by atoms with Crippen LogP contribution >= 0.6 is 0 Å². The highest BCUT2D eigenvalue weighted by Crippen LogP contribution is 2.18. The number of aldehydes is 1. The molecule has 1 aliphatic heterocycles. The molecule has 1 unspecified atom stereocenters. The van der Waals surface area contributed by atoms with E-state index in [-0.39, 0.29) is 11.6 Å². The first-order valence-electron chi connectivity index (χ1n) is 4.89. The first-order chi connectivity index (χ1) is 7.66. The molecule has 0 spiro atoms. The van der Waals surface area contributed by atoms with Crippen molar-refractivity contribution in [3.05, 3.63) is 30.3 Å². The number of hydrogen-bond donors (Lipinski definition) is 1. The van der Waals surface area contributed by atoms with Crippen LogP contribution in [0.4, 0.5) is 0 Å². The maximum Gasteiger partial charge on any atom is 0.244 e. The van der Waals surface area contributed by atoms with Gasteiger partial charge in [-0.25, -0.2) is 8.42 Å². The molecule has 0 amide bonds. The molecule has 1 N–H and O–H groups in total. The van der Waals surface area contributed by atoms with E-state index in [1.165, 1.54) is 16.4 Å². The Morgan fingerprint density at radius 3 is 2.62 bits per heavy atom. The van der Waals surface area contributed by atoms with Crippen LogP contribution in [0.1, 0.15) is 0 Å². The molecule has 0 radical (unpaired) electrons. The molecule has 86 valence electrons. The van der Waals surface area contributed by atoms with E-state index in [0.717, 1.165) is 0 Å². The van der Waals surface area contributed by atoms with Gasteiger partial charge in [0.2, 0.25) is 10.0 Å². The van der Waals surface area contributed by atoms with E-state index in [0.29, 0.717) is 12.8 Å². The van der Waals surface area contributed by atoms with Crippen LogP contribution in [0.5, 0.6) is 0 Å². The maximum absolute atomic E-state index is 12.1. The van der Waals surface area contributed by atoms with Crippen LogP contribution < -0.4 is 5.32 Å². The molecule has 0 saturated carbocycles. The third kappa shape index (κ3) is 1.87. The molecule has 0 bridgehead atoms. The number of nitrogens with one attached hydrogen (secondary N) is 1. The Labute approximate surface area is 94.1 Å². The molecule has 1 aliphatic rings. The largest absolute Gasteiger partial charge is 0.302 e. The fourth-order valence-electron chi connectivity index (χ4n) is 1.65. The standard InChI is InChI=1S/C10H12N2O3S/c13-7-9-6-11-8-12(9)16(14,15)10-4-2-1-3-5-10/h1-5,7,9,11H,6,8H2. The van der Waals surface area contributed by atoms with Gasteiger partial charge in [-0.05, 0) is 12.1 Å². The fourth-order valence-corrected chi connectivity index (χ4v) is 3.16. The summed E-state index contributed by atoms with van der Waals surface area (Å²) in [6, 6.07) is 7.51. The van der Waals surface area contributed by atoms with Gasteiger partial charge in [-0.2, -0.15) is 4.31 Å². The van der Waals surface area contributed by atoms with Crippen molar-refractivity contribution >= 4 is 16.3 Å². The average Bonchev–Trinajstić information content (AvgIpc) is 2.79. The quantitative estimate of drug-likeness (QED) is 0.743. The number of nitrogens with zero attached hydrogens (tertiary/aromatic N) is 1. The number of carbonyl (C=O) groups is 1. The van der Waals surface area contributed by atoms with Gasteiger partial charge in [-0.15, -0.1) is 0 Å². The molecule has 1 fully saturated rings. The van der Waals surface area contributed by atoms with Crippen molar-refractivity contribution in [1.82, 2.24) is 9.62 Å². The van der Waals surface area contributed by atoms with Gasteiger partial charge >= 0.3 is 0 Å². The van der Waals surface area contributed by atoms with E-state index >= 15 is 0 Å². The van der Waals surface area contributed by atoms with Crippen LogP contribution in [0.15, 0.2) is 35.2 Å². The highest BCUT2D eigenvalue weighted by Gasteiger charge is 2.34. The lowest BCUT2D eigenvalue weighted by atomic mass is 10.4. The second kappa shape index (κ2) is 4.32. The summed E-state index contributed by atoms with van der Waals surface area (Å²) in [5, 5.41) is 2.86. The molecule has 1 aromatic carbocycles. The van der Waals surface area contributed by atoms with E-state index in [4.69, 9.17) is 0 Å². The molecule has 1 heterocycles. The lowest BCUT2D eigenvalue weighted by molar-refractivity contribution is -0.110. The first-order valence-corrected chi connectivity index (χ1v) is 6.33. The van der Waals surface area contributed by atoms with Crippen molar-refractivity contribution in [3.8, 4) is 0 Å². The lowest BCUT2D eigenvalue weighted by Gasteiger charge is -2.18. The molecule has 0 aliphatic carbocycles. The third-order valence-electron chi connectivity index (χ3n) is 2.50. The Balaban J connectivity index is 2.36. The van der Waals surface area contributed by atoms with E-state index < -0.39 is 16.1 Å². The Bertz CT molecular complexity index is 472. The van der Waals surface area contributed by atoms with E-state index in [9.17, 15) is 13.2 Å². The van der Waals surface area contributed by atoms with Crippen molar-refractivity contribution in [2.24, 2.45) is 0 Å². The number of hydrogen-bond acceptors (Lipinski definition) is 4. The Kier molecular flexibility index (Phi) is 3.04. The lowest BCUT2D eigenvalue weighted by Crippen LogP contribution is -2.37. The van der Waals surface area contributed by atoms with Crippen LogP contribution in [-0.4, -0.2) is 38.3 Å². The van der Waals surface area contributed by atoms with Gasteiger partial charge in [-0.3, -0.25) is 0 Å². The van der Waals surface area contributed by atoms with Gasteiger partial charge in [0.05, 0.1) is 17.6 Å². The molecular formula is C10H12N2O3S.